The minimum atomic E-state index is -0.516. The monoisotopic (exact) mass is 237 g/mol. The molecule has 0 fully saturated rings. The molecule has 0 heterocycles. The summed E-state index contributed by atoms with van der Waals surface area (Å²) in [6.07, 6.45) is 0.379. The highest BCUT2D eigenvalue weighted by atomic mass is 19.1. The number of nitrogens with one attached hydrogen (secondary N) is 1. The van der Waals surface area contributed by atoms with Crippen LogP contribution in [0.15, 0.2) is 18.2 Å². The van der Waals surface area contributed by atoms with Crippen molar-refractivity contribution in [2.75, 3.05) is 0 Å². The molecule has 3 nitrogen and oxygen atoms in total. The second-order valence-corrected chi connectivity index (χ2v) is 3.98. The molecule has 0 saturated heterocycles. The van der Waals surface area contributed by atoms with Gasteiger partial charge in [-0.3, -0.25) is 9.59 Å². The van der Waals surface area contributed by atoms with Gasteiger partial charge in [0.15, 0.2) is 5.78 Å². The van der Waals surface area contributed by atoms with Gasteiger partial charge in [-0.25, -0.2) is 4.39 Å². The van der Waals surface area contributed by atoms with Crippen LogP contribution in [0.1, 0.15) is 36.2 Å². The minimum absolute atomic E-state index is 0.0304. The molecule has 1 amide bonds. The summed E-state index contributed by atoms with van der Waals surface area (Å²) in [4.78, 5) is 23.1. The minimum Gasteiger partial charge on any atom is -0.343 e. The number of Topliss-reactive ketones (excluding diaryl/α,β-unsaturated/α-hetero) is 1. The predicted molar refractivity (Wildman–Crippen MR) is 63.4 cm³/mol. The maximum Gasteiger partial charge on any atom is 0.251 e. The van der Waals surface area contributed by atoms with E-state index in [2.05, 4.69) is 5.32 Å². The summed E-state index contributed by atoms with van der Waals surface area (Å²) >= 11 is 0. The van der Waals surface area contributed by atoms with E-state index < -0.39 is 6.04 Å². The number of ketones is 1. The molecule has 0 saturated carbocycles. The lowest BCUT2D eigenvalue weighted by molar-refractivity contribution is -0.120. The van der Waals surface area contributed by atoms with Crippen LogP contribution in [0.3, 0.4) is 0 Å². The number of amides is 1. The number of hydrogen-bond acceptors (Lipinski definition) is 2. The van der Waals surface area contributed by atoms with Crippen molar-refractivity contribution in [3.8, 4) is 0 Å². The first kappa shape index (κ1) is 13.4. The molecule has 4 heteroatoms. The van der Waals surface area contributed by atoms with Crippen LogP contribution in [-0.4, -0.2) is 17.7 Å². The zero-order valence-corrected chi connectivity index (χ0v) is 10.2. The standard InChI is InChI=1S/C13H16FNO2/c1-4-12(16)9(3)15-13(17)10-5-6-11(14)8(2)7-10/h5-7,9H,4H2,1-3H3,(H,15,17). The van der Waals surface area contributed by atoms with Gasteiger partial charge >= 0.3 is 0 Å². The SMILES string of the molecule is CCC(=O)C(C)NC(=O)c1ccc(F)c(C)c1. The Labute approximate surface area is 100 Å². The highest BCUT2D eigenvalue weighted by Crippen LogP contribution is 2.09. The lowest BCUT2D eigenvalue weighted by Gasteiger charge is -2.12. The summed E-state index contributed by atoms with van der Waals surface area (Å²) in [7, 11) is 0. The van der Waals surface area contributed by atoms with Gasteiger partial charge in [-0.1, -0.05) is 6.92 Å². The maximum atomic E-state index is 13.0. The highest BCUT2D eigenvalue weighted by Gasteiger charge is 2.15. The third kappa shape index (κ3) is 3.37. The lowest BCUT2D eigenvalue weighted by Crippen LogP contribution is -2.38. The average Bonchev–Trinajstić information content (AvgIpc) is 2.31. The van der Waals surface area contributed by atoms with E-state index in [0.717, 1.165) is 0 Å². The van der Waals surface area contributed by atoms with Crippen LogP contribution in [0.2, 0.25) is 0 Å². The van der Waals surface area contributed by atoms with Crippen molar-refractivity contribution in [1.29, 1.82) is 0 Å². The Bertz CT molecular complexity index is 443. The first-order valence-electron chi connectivity index (χ1n) is 5.55. The second kappa shape index (κ2) is 5.57. The van der Waals surface area contributed by atoms with Gasteiger partial charge < -0.3 is 5.32 Å². The van der Waals surface area contributed by atoms with Gasteiger partial charge in [0.1, 0.15) is 5.82 Å². The molecule has 17 heavy (non-hydrogen) atoms. The molecule has 0 spiro atoms. The van der Waals surface area contributed by atoms with Crippen molar-refractivity contribution < 1.29 is 14.0 Å². The van der Waals surface area contributed by atoms with Gasteiger partial charge in [0.25, 0.3) is 5.91 Å². The number of carbonyl (C=O) groups is 2. The van der Waals surface area contributed by atoms with Crippen molar-refractivity contribution in [1.82, 2.24) is 5.32 Å². The molecular weight excluding hydrogens is 221 g/mol. The number of aryl methyl sites for hydroxylation is 1. The first-order valence-corrected chi connectivity index (χ1v) is 5.55. The van der Waals surface area contributed by atoms with Gasteiger partial charge in [-0.2, -0.15) is 0 Å². The molecule has 0 aromatic heterocycles. The molecule has 0 bridgehead atoms. The van der Waals surface area contributed by atoms with E-state index in [0.29, 0.717) is 17.5 Å². The summed E-state index contributed by atoms with van der Waals surface area (Å²) in [6, 6.07) is 3.60. The fourth-order valence-corrected chi connectivity index (χ4v) is 1.45. The van der Waals surface area contributed by atoms with Gasteiger partial charge in [0, 0.05) is 12.0 Å². The van der Waals surface area contributed by atoms with E-state index in [1.807, 2.05) is 0 Å². The van der Waals surface area contributed by atoms with E-state index in [1.165, 1.54) is 18.2 Å². The summed E-state index contributed by atoms with van der Waals surface area (Å²) in [5.74, 6) is -0.737. The molecule has 92 valence electrons. The van der Waals surface area contributed by atoms with Crippen LogP contribution in [-0.2, 0) is 4.79 Å². The molecule has 1 atom stereocenters. The predicted octanol–water partition coefficient (Wildman–Crippen LogP) is 2.23. The van der Waals surface area contributed by atoms with Crippen molar-refractivity contribution in [2.24, 2.45) is 0 Å². The van der Waals surface area contributed by atoms with Crippen molar-refractivity contribution in [3.05, 3.63) is 35.1 Å². The largest absolute Gasteiger partial charge is 0.343 e. The number of carbonyl (C=O) groups excluding carboxylic acids is 2. The Morgan fingerprint density at radius 1 is 1.41 bits per heavy atom. The Balaban J connectivity index is 2.76. The summed E-state index contributed by atoms with van der Waals surface area (Å²) in [6.45, 7) is 4.97. The summed E-state index contributed by atoms with van der Waals surface area (Å²) < 4.78 is 13.0. The van der Waals surface area contributed by atoms with E-state index >= 15 is 0 Å². The zero-order valence-electron chi connectivity index (χ0n) is 10.2. The normalized spacial score (nSPS) is 12.0. The van der Waals surface area contributed by atoms with Crippen molar-refractivity contribution in [3.63, 3.8) is 0 Å². The molecule has 0 aliphatic carbocycles. The lowest BCUT2D eigenvalue weighted by atomic mass is 10.1. The number of halogens is 1. The van der Waals surface area contributed by atoms with Crippen LogP contribution >= 0.6 is 0 Å². The van der Waals surface area contributed by atoms with Crippen LogP contribution in [0.5, 0.6) is 0 Å². The maximum absolute atomic E-state index is 13.0. The molecular formula is C13H16FNO2. The fraction of sp³-hybridized carbons (Fsp3) is 0.385. The summed E-state index contributed by atoms with van der Waals surface area (Å²) in [5, 5.41) is 2.58. The quantitative estimate of drug-likeness (QED) is 0.872. The molecule has 1 rings (SSSR count). The van der Waals surface area contributed by atoms with Crippen molar-refractivity contribution in [2.45, 2.75) is 33.2 Å². The van der Waals surface area contributed by atoms with E-state index in [-0.39, 0.29) is 17.5 Å². The Morgan fingerprint density at radius 3 is 2.59 bits per heavy atom. The Kier molecular flexibility index (Phi) is 4.37. The molecule has 0 aliphatic heterocycles. The van der Waals surface area contributed by atoms with Gasteiger partial charge in [-0.15, -0.1) is 0 Å². The molecule has 1 N–H and O–H groups in total. The molecule has 1 aromatic carbocycles. The van der Waals surface area contributed by atoms with Gasteiger partial charge in [-0.05, 0) is 37.6 Å². The third-order valence-electron chi connectivity index (χ3n) is 2.60. The zero-order chi connectivity index (χ0) is 13.0. The van der Waals surface area contributed by atoms with E-state index in [4.69, 9.17) is 0 Å². The molecule has 1 aromatic rings. The molecule has 1 unspecified atom stereocenters. The number of rotatable bonds is 4. The van der Waals surface area contributed by atoms with E-state index in [9.17, 15) is 14.0 Å². The summed E-state index contributed by atoms with van der Waals surface area (Å²) in [5.41, 5.74) is 0.770. The number of hydrogen-bond donors (Lipinski definition) is 1. The first-order chi connectivity index (χ1) is 7.95. The van der Waals surface area contributed by atoms with Gasteiger partial charge in [0.2, 0.25) is 0 Å². The van der Waals surface area contributed by atoms with Crippen LogP contribution in [0.25, 0.3) is 0 Å². The third-order valence-corrected chi connectivity index (χ3v) is 2.60. The second-order valence-electron chi connectivity index (χ2n) is 3.98. The van der Waals surface area contributed by atoms with Gasteiger partial charge in [0.05, 0.1) is 6.04 Å². The smallest absolute Gasteiger partial charge is 0.251 e. The van der Waals surface area contributed by atoms with Crippen molar-refractivity contribution >= 4 is 11.7 Å². The fourth-order valence-electron chi connectivity index (χ4n) is 1.45. The Hall–Kier alpha value is -1.71. The highest BCUT2D eigenvalue weighted by molar-refractivity contribution is 5.97. The number of benzene rings is 1. The molecule has 0 aliphatic rings. The Morgan fingerprint density at radius 2 is 2.06 bits per heavy atom. The topological polar surface area (TPSA) is 46.2 Å². The van der Waals surface area contributed by atoms with Crippen LogP contribution in [0.4, 0.5) is 4.39 Å². The van der Waals surface area contributed by atoms with Crippen LogP contribution < -0.4 is 5.32 Å². The average molecular weight is 237 g/mol. The molecule has 0 radical (unpaired) electrons. The van der Waals surface area contributed by atoms with E-state index in [1.54, 1.807) is 20.8 Å². The van der Waals surface area contributed by atoms with Crippen LogP contribution in [0, 0.1) is 12.7 Å².